The van der Waals surface area contributed by atoms with Crippen LogP contribution < -0.4 is 0 Å². The highest BCUT2D eigenvalue weighted by molar-refractivity contribution is 5.80. The van der Waals surface area contributed by atoms with Crippen LogP contribution in [0, 0.1) is 0 Å². The molecule has 0 aromatic carbocycles. The van der Waals surface area contributed by atoms with Crippen molar-refractivity contribution in [2.45, 2.75) is 25.9 Å². The van der Waals surface area contributed by atoms with Crippen molar-refractivity contribution in [3.63, 3.8) is 0 Å². The van der Waals surface area contributed by atoms with Crippen LogP contribution in [0.3, 0.4) is 0 Å². The number of nitrogens with zero attached hydrogens (tertiary/aromatic N) is 1. The van der Waals surface area contributed by atoms with E-state index < -0.39 is 18.0 Å². The molecule has 1 unspecified atom stereocenters. The highest BCUT2D eigenvalue weighted by Crippen LogP contribution is 2.19. The van der Waals surface area contributed by atoms with Crippen LogP contribution >= 0.6 is 0 Å². The van der Waals surface area contributed by atoms with Crippen LogP contribution in [0.4, 0.5) is 0 Å². The molecule has 0 amide bonds. The topological polar surface area (TPSA) is 65.5 Å². The van der Waals surface area contributed by atoms with Gasteiger partial charge in [-0.15, -0.1) is 0 Å². The maximum absolute atomic E-state index is 11.5. The van der Waals surface area contributed by atoms with Crippen LogP contribution in [-0.4, -0.2) is 24.0 Å². The van der Waals surface area contributed by atoms with E-state index in [0.29, 0.717) is 12.0 Å². The fraction of sp³-hybridized carbons (Fsp3) is 0.417. The number of methoxy groups -OCH3 is 1. The Balaban J connectivity index is 2.82. The number of esters is 2. The van der Waals surface area contributed by atoms with Gasteiger partial charge in [-0.3, -0.25) is 9.78 Å². The quantitative estimate of drug-likeness (QED) is 0.728. The summed E-state index contributed by atoms with van der Waals surface area (Å²) in [6, 6.07) is 3.22. The molecule has 5 nitrogen and oxygen atoms in total. The van der Waals surface area contributed by atoms with Crippen molar-refractivity contribution in [2.24, 2.45) is 0 Å². The average Bonchev–Trinajstić information content (AvgIpc) is 2.36. The Labute approximate surface area is 99.8 Å². The first kappa shape index (κ1) is 13.2. The van der Waals surface area contributed by atoms with Gasteiger partial charge in [-0.25, -0.2) is 4.79 Å². The first-order valence-corrected chi connectivity index (χ1v) is 5.36. The average molecular weight is 237 g/mol. The van der Waals surface area contributed by atoms with E-state index in [1.807, 2.05) is 6.92 Å². The molecule has 0 bridgehead atoms. The first-order valence-electron chi connectivity index (χ1n) is 5.36. The van der Waals surface area contributed by atoms with Crippen LogP contribution in [0.25, 0.3) is 0 Å². The minimum Gasteiger partial charge on any atom is -0.466 e. The van der Waals surface area contributed by atoms with Crippen molar-refractivity contribution < 1.29 is 19.1 Å². The highest BCUT2D eigenvalue weighted by atomic mass is 16.6. The number of rotatable bonds is 5. The van der Waals surface area contributed by atoms with Gasteiger partial charge in [-0.2, -0.15) is 0 Å². The summed E-state index contributed by atoms with van der Waals surface area (Å²) < 4.78 is 9.70. The Morgan fingerprint density at radius 2 is 2.00 bits per heavy atom. The van der Waals surface area contributed by atoms with Gasteiger partial charge in [0, 0.05) is 24.4 Å². The van der Waals surface area contributed by atoms with Crippen LogP contribution in [0.15, 0.2) is 24.5 Å². The number of aromatic nitrogens is 1. The van der Waals surface area contributed by atoms with Crippen molar-refractivity contribution in [1.82, 2.24) is 4.98 Å². The van der Waals surface area contributed by atoms with Gasteiger partial charge >= 0.3 is 11.9 Å². The molecule has 0 aliphatic heterocycles. The molecule has 0 radical (unpaired) electrons. The fourth-order valence-electron chi connectivity index (χ4n) is 1.29. The molecule has 1 rings (SSSR count). The SMILES string of the molecule is CCCC(=O)OC(C(=O)OC)c1ccncc1. The number of pyridine rings is 1. The first-order chi connectivity index (χ1) is 8.19. The van der Waals surface area contributed by atoms with Gasteiger partial charge in [-0.05, 0) is 18.6 Å². The van der Waals surface area contributed by atoms with E-state index in [-0.39, 0.29) is 6.42 Å². The molecule has 0 N–H and O–H groups in total. The molecule has 17 heavy (non-hydrogen) atoms. The third-order valence-electron chi connectivity index (χ3n) is 2.13. The zero-order valence-electron chi connectivity index (χ0n) is 9.88. The van der Waals surface area contributed by atoms with Crippen molar-refractivity contribution in [2.75, 3.05) is 7.11 Å². The standard InChI is InChI=1S/C12H15NO4/c1-3-4-10(14)17-11(12(15)16-2)9-5-7-13-8-6-9/h5-8,11H,3-4H2,1-2H3. The molecule has 0 saturated heterocycles. The Morgan fingerprint density at radius 3 is 2.53 bits per heavy atom. The second kappa shape index (κ2) is 6.62. The molecular weight excluding hydrogens is 222 g/mol. The summed E-state index contributed by atoms with van der Waals surface area (Å²) in [5.74, 6) is -1.01. The van der Waals surface area contributed by atoms with Crippen molar-refractivity contribution in [1.29, 1.82) is 0 Å². The summed E-state index contributed by atoms with van der Waals surface area (Å²) in [6.07, 6.45) is 2.99. The lowest BCUT2D eigenvalue weighted by molar-refractivity contribution is -0.166. The van der Waals surface area contributed by atoms with Crippen LogP contribution in [0.5, 0.6) is 0 Å². The van der Waals surface area contributed by atoms with Crippen LogP contribution in [0.2, 0.25) is 0 Å². The lowest BCUT2D eigenvalue weighted by Crippen LogP contribution is -2.21. The van der Waals surface area contributed by atoms with E-state index >= 15 is 0 Å². The molecule has 0 spiro atoms. The molecular formula is C12H15NO4. The normalized spacial score (nSPS) is 11.6. The largest absolute Gasteiger partial charge is 0.466 e. The van der Waals surface area contributed by atoms with Gasteiger partial charge in [0.05, 0.1) is 7.11 Å². The summed E-state index contributed by atoms with van der Waals surface area (Å²) in [7, 11) is 1.25. The third-order valence-corrected chi connectivity index (χ3v) is 2.13. The molecule has 1 aromatic rings. The van der Waals surface area contributed by atoms with Crippen LogP contribution in [0.1, 0.15) is 31.4 Å². The van der Waals surface area contributed by atoms with E-state index in [9.17, 15) is 9.59 Å². The Kier molecular flexibility index (Phi) is 5.13. The van der Waals surface area contributed by atoms with Crippen molar-refractivity contribution >= 4 is 11.9 Å². The second-order valence-electron chi connectivity index (χ2n) is 3.42. The summed E-state index contributed by atoms with van der Waals surface area (Å²) in [4.78, 5) is 26.8. The number of hydrogen-bond donors (Lipinski definition) is 0. The zero-order valence-corrected chi connectivity index (χ0v) is 9.88. The van der Waals surface area contributed by atoms with Gasteiger partial charge in [0.25, 0.3) is 0 Å². The summed E-state index contributed by atoms with van der Waals surface area (Å²) >= 11 is 0. The highest BCUT2D eigenvalue weighted by Gasteiger charge is 2.25. The smallest absolute Gasteiger partial charge is 0.351 e. The predicted molar refractivity (Wildman–Crippen MR) is 60.0 cm³/mol. The Hall–Kier alpha value is -1.91. The monoisotopic (exact) mass is 237 g/mol. The summed E-state index contributed by atoms with van der Waals surface area (Å²) in [5.41, 5.74) is 0.552. The molecule has 1 heterocycles. The van der Waals surface area contributed by atoms with Crippen molar-refractivity contribution in [3.05, 3.63) is 30.1 Å². The van der Waals surface area contributed by atoms with E-state index in [0.717, 1.165) is 0 Å². The van der Waals surface area contributed by atoms with E-state index in [2.05, 4.69) is 9.72 Å². The van der Waals surface area contributed by atoms with E-state index in [1.165, 1.54) is 19.5 Å². The number of hydrogen-bond acceptors (Lipinski definition) is 5. The molecule has 0 saturated carbocycles. The summed E-state index contributed by atoms with van der Waals surface area (Å²) in [5, 5.41) is 0. The van der Waals surface area contributed by atoms with Gasteiger partial charge in [0.1, 0.15) is 0 Å². The Bertz CT molecular complexity index is 377. The van der Waals surface area contributed by atoms with Gasteiger partial charge in [0.15, 0.2) is 0 Å². The van der Waals surface area contributed by atoms with Crippen molar-refractivity contribution in [3.8, 4) is 0 Å². The molecule has 1 aromatic heterocycles. The zero-order chi connectivity index (χ0) is 12.7. The second-order valence-corrected chi connectivity index (χ2v) is 3.42. The molecule has 0 aliphatic rings. The molecule has 5 heteroatoms. The number of carbonyl (C=O) groups is 2. The lowest BCUT2D eigenvalue weighted by atomic mass is 10.1. The Morgan fingerprint density at radius 1 is 1.35 bits per heavy atom. The lowest BCUT2D eigenvalue weighted by Gasteiger charge is -2.15. The van der Waals surface area contributed by atoms with E-state index in [1.54, 1.807) is 12.1 Å². The van der Waals surface area contributed by atoms with Crippen LogP contribution in [-0.2, 0) is 19.1 Å². The van der Waals surface area contributed by atoms with E-state index in [4.69, 9.17) is 4.74 Å². The van der Waals surface area contributed by atoms with Gasteiger partial charge < -0.3 is 9.47 Å². The third kappa shape index (κ3) is 3.86. The van der Waals surface area contributed by atoms with Gasteiger partial charge in [0.2, 0.25) is 6.10 Å². The molecule has 1 atom stereocenters. The minimum absolute atomic E-state index is 0.276. The maximum atomic E-state index is 11.5. The number of carbonyl (C=O) groups excluding carboxylic acids is 2. The molecule has 92 valence electrons. The summed E-state index contributed by atoms with van der Waals surface area (Å²) in [6.45, 7) is 1.86. The molecule has 0 aliphatic carbocycles. The van der Waals surface area contributed by atoms with Gasteiger partial charge in [-0.1, -0.05) is 6.92 Å². The predicted octanol–water partition coefficient (Wildman–Crippen LogP) is 1.64. The minimum atomic E-state index is -1.01. The maximum Gasteiger partial charge on any atom is 0.351 e. The molecule has 0 fully saturated rings. The number of ether oxygens (including phenoxy) is 2. The fourth-order valence-corrected chi connectivity index (χ4v) is 1.29.